The van der Waals surface area contributed by atoms with Crippen LogP contribution < -0.4 is 5.32 Å². The lowest BCUT2D eigenvalue weighted by Crippen LogP contribution is -2.35. The molecular formula is C18H17NO4S. The minimum atomic E-state index is -3.03. The molecule has 6 heteroatoms. The van der Waals surface area contributed by atoms with Crippen molar-refractivity contribution >= 4 is 21.5 Å². The molecule has 2 aromatic rings. The second-order valence-electron chi connectivity index (χ2n) is 5.85. The molecule has 0 spiro atoms. The monoisotopic (exact) mass is 343 g/mol. The highest BCUT2D eigenvalue weighted by Gasteiger charge is 2.29. The standard InChI is InChI=1S/C18H17NO4S/c20-17(13-4-2-1-3-5-13)14-6-8-15(9-7-14)18(21)19-16-10-11-24(22,23)12-16/h1-9,16H,10-12H2,(H,19,21)/t16-/m1/s1. The van der Waals surface area contributed by atoms with Gasteiger partial charge in [0.15, 0.2) is 15.6 Å². The third-order valence-corrected chi connectivity index (χ3v) is 5.78. The minimum Gasteiger partial charge on any atom is -0.348 e. The first-order valence-corrected chi connectivity index (χ1v) is 9.48. The Bertz CT molecular complexity index is 858. The van der Waals surface area contributed by atoms with Crippen LogP contribution in [0, 0.1) is 0 Å². The van der Waals surface area contributed by atoms with Gasteiger partial charge < -0.3 is 5.32 Å². The van der Waals surface area contributed by atoms with Gasteiger partial charge in [-0.25, -0.2) is 8.42 Å². The lowest BCUT2D eigenvalue weighted by atomic mass is 10.0. The quantitative estimate of drug-likeness (QED) is 0.859. The Kier molecular flexibility index (Phi) is 4.49. The molecule has 124 valence electrons. The fourth-order valence-electron chi connectivity index (χ4n) is 2.71. The third kappa shape index (κ3) is 3.71. The molecule has 0 aliphatic carbocycles. The Morgan fingerprint density at radius 2 is 1.46 bits per heavy atom. The summed E-state index contributed by atoms with van der Waals surface area (Å²) in [7, 11) is -3.03. The molecule has 1 atom stereocenters. The predicted molar refractivity (Wildman–Crippen MR) is 90.8 cm³/mol. The SMILES string of the molecule is O=C(N[C@@H]1CCS(=O)(=O)C1)c1ccc(C(=O)c2ccccc2)cc1. The molecule has 0 saturated carbocycles. The van der Waals surface area contributed by atoms with Crippen LogP contribution in [0.15, 0.2) is 54.6 Å². The summed E-state index contributed by atoms with van der Waals surface area (Å²) >= 11 is 0. The Balaban J connectivity index is 1.68. The van der Waals surface area contributed by atoms with Gasteiger partial charge in [-0.05, 0) is 18.6 Å². The Labute approximate surface area is 140 Å². The number of nitrogens with one attached hydrogen (secondary N) is 1. The van der Waals surface area contributed by atoms with Crippen molar-refractivity contribution in [1.82, 2.24) is 5.32 Å². The van der Waals surface area contributed by atoms with Gasteiger partial charge in [0, 0.05) is 22.7 Å². The van der Waals surface area contributed by atoms with Crippen LogP contribution >= 0.6 is 0 Å². The molecule has 1 fully saturated rings. The number of sulfone groups is 1. The number of amides is 1. The first kappa shape index (κ1) is 16.4. The van der Waals surface area contributed by atoms with Gasteiger partial charge in [0.2, 0.25) is 0 Å². The van der Waals surface area contributed by atoms with Gasteiger partial charge in [-0.1, -0.05) is 42.5 Å². The zero-order chi connectivity index (χ0) is 17.2. The van der Waals surface area contributed by atoms with Gasteiger partial charge in [0.25, 0.3) is 5.91 Å². The Hall–Kier alpha value is -2.47. The summed E-state index contributed by atoms with van der Waals surface area (Å²) < 4.78 is 22.8. The largest absolute Gasteiger partial charge is 0.348 e. The fraction of sp³-hybridized carbons (Fsp3) is 0.222. The average molecular weight is 343 g/mol. The molecule has 2 aromatic carbocycles. The number of carbonyl (C=O) groups excluding carboxylic acids is 2. The second-order valence-corrected chi connectivity index (χ2v) is 8.07. The van der Waals surface area contributed by atoms with Gasteiger partial charge in [0.1, 0.15) is 0 Å². The molecule has 5 nitrogen and oxygen atoms in total. The lowest BCUT2D eigenvalue weighted by molar-refractivity contribution is 0.0939. The molecule has 3 rings (SSSR count). The number of ketones is 1. The molecule has 1 N–H and O–H groups in total. The van der Waals surface area contributed by atoms with Crippen LogP contribution in [0.2, 0.25) is 0 Å². The first-order valence-electron chi connectivity index (χ1n) is 7.66. The second kappa shape index (κ2) is 6.57. The normalized spacial score (nSPS) is 18.9. The van der Waals surface area contributed by atoms with E-state index < -0.39 is 9.84 Å². The highest BCUT2D eigenvalue weighted by atomic mass is 32.2. The molecular weight excluding hydrogens is 326 g/mol. The molecule has 0 radical (unpaired) electrons. The van der Waals surface area contributed by atoms with E-state index in [2.05, 4.69) is 5.32 Å². The van der Waals surface area contributed by atoms with Crippen molar-refractivity contribution in [3.05, 3.63) is 71.3 Å². The smallest absolute Gasteiger partial charge is 0.251 e. The van der Waals surface area contributed by atoms with Crippen LogP contribution in [0.4, 0.5) is 0 Å². The Morgan fingerprint density at radius 3 is 2.04 bits per heavy atom. The van der Waals surface area contributed by atoms with Crippen molar-refractivity contribution in [3.63, 3.8) is 0 Å². The summed E-state index contributed by atoms with van der Waals surface area (Å²) in [6.07, 6.45) is 0.443. The maximum absolute atomic E-state index is 12.3. The summed E-state index contributed by atoms with van der Waals surface area (Å²) in [5.74, 6) is -0.327. The topological polar surface area (TPSA) is 80.3 Å². The Morgan fingerprint density at radius 1 is 0.875 bits per heavy atom. The minimum absolute atomic E-state index is 0.0106. The summed E-state index contributed by atoms with van der Waals surface area (Å²) in [4.78, 5) is 24.5. The lowest BCUT2D eigenvalue weighted by Gasteiger charge is -2.11. The zero-order valence-corrected chi connectivity index (χ0v) is 13.8. The van der Waals surface area contributed by atoms with E-state index in [1.807, 2.05) is 6.07 Å². The summed E-state index contributed by atoms with van der Waals surface area (Å²) in [6, 6.07) is 14.9. The number of hydrogen-bond acceptors (Lipinski definition) is 4. The van der Waals surface area contributed by atoms with Crippen LogP contribution in [0.3, 0.4) is 0 Å². The van der Waals surface area contributed by atoms with Crippen LogP contribution in [-0.4, -0.2) is 37.7 Å². The van der Waals surface area contributed by atoms with E-state index in [0.717, 1.165) is 0 Å². The average Bonchev–Trinajstić information content (AvgIpc) is 2.93. The molecule has 24 heavy (non-hydrogen) atoms. The number of hydrogen-bond donors (Lipinski definition) is 1. The van der Waals surface area contributed by atoms with E-state index in [0.29, 0.717) is 23.1 Å². The van der Waals surface area contributed by atoms with Crippen molar-refractivity contribution in [2.75, 3.05) is 11.5 Å². The summed E-state index contributed by atoms with van der Waals surface area (Å²) in [6.45, 7) is 0. The maximum atomic E-state index is 12.3. The summed E-state index contributed by atoms with van der Waals surface area (Å²) in [5.41, 5.74) is 1.50. The van der Waals surface area contributed by atoms with Crippen molar-refractivity contribution in [2.45, 2.75) is 12.5 Å². The molecule has 0 bridgehead atoms. The number of benzene rings is 2. The zero-order valence-electron chi connectivity index (χ0n) is 12.9. The van der Waals surface area contributed by atoms with E-state index in [9.17, 15) is 18.0 Å². The third-order valence-electron chi connectivity index (χ3n) is 4.01. The van der Waals surface area contributed by atoms with Crippen LogP contribution in [0.1, 0.15) is 32.7 Å². The van der Waals surface area contributed by atoms with Gasteiger partial charge >= 0.3 is 0 Å². The first-order chi connectivity index (χ1) is 11.4. The maximum Gasteiger partial charge on any atom is 0.251 e. The van der Waals surface area contributed by atoms with Crippen molar-refractivity contribution in [3.8, 4) is 0 Å². The molecule has 1 aliphatic heterocycles. The molecule has 0 unspecified atom stereocenters. The molecule has 1 saturated heterocycles. The molecule has 1 amide bonds. The van der Waals surface area contributed by atoms with E-state index >= 15 is 0 Å². The van der Waals surface area contributed by atoms with Gasteiger partial charge in [-0.2, -0.15) is 0 Å². The van der Waals surface area contributed by atoms with Crippen molar-refractivity contribution in [2.24, 2.45) is 0 Å². The van der Waals surface area contributed by atoms with Gasteiger partial charge in [-0.3, -0.25) is 9.59 Å². The molecule has 1 aliphatic rings. The van der Waals surface area contributed by atoms with E-state index in [4.69, 9.17) is 0 Å². The van der Waals surface area contributed by atoms with Crippen LogP contribution in [0.5, 0.6) is 0 Å². The van der Waals surface area contributed by atoms with E-state index in [1.54, 1.807) is 48.5 Å². The fourth-order valence-corrected chi connectivity index (χ4v) is 4.38. The van der Waals surface area contributed by atoms with Crippen molar-refractivity contribution in [1.29, 1.82) is 0 Å². The van der Waals surface area contributed by atoms with Gasteiger partial charge in [0.05, 0.1) is 11.5 Å². The number of rotatable bonds is 4. The summed E-state index contributed by atoms with van der Waals surface area (Å²) in [5, 5.41) is 2.73. The van der Waals surface area contributed by atoms with E-state index in [-0.39, 0.29) is 29.2 Å². The highest BCUT2D eigenvalue weighted by molar-refractivity contribution is 7.91. The van der Waals surface area contributed by atoms with Crippen LogP contribution in [-0.2, 0) is 9.84 Å². The van der Waals surface area contributed by atoms with E-state index in [1.165, 1.54) is 0 Å². The highest BCUT2D eigenvalue weighted by Crippen LogP contribution is 2.14. The van der Waals surface area contributed by atoms with Crippen molar-refractivity contribution < 1.29 is 18.0 Å². The molecule has 0 aromatic heterocycles. The molecule has 1 heterocycles. The van der Waals surface area contributed by atoms with Crippen LogP contribution in [0.25, 0.3) is 0 Å². The number of carbonyl (C=O) groups is 2. The van der Waals surface area contributed by atoms with Gasteiger partial charge in [-0.15, -0.1) is 0 Å². The predicted octanol–water partition coefficient (Wildman–Crippen LogP) is 1.83.